The van der Waals surface area contributed by atoms with E-state index >= 15 is 0 Å². The summed E-state index contributed by atoms with van der Waals surface area (Å²) in [5.41, 5.74) is 4.40. The Labute approximate surface area is 159 Å². The number of rotatable bonds is 5. The van der Waals surface area contributed by atoms with Crippen molar-refractivity contribution in [3.05, 3.63) is 52.6 Å². The van der Waals surface area contributed by atoms with Gasteiger partial charge in [-0.15, -0.1) is 24.0 Å². The maximum Gasteiger partial charge on any atom is 0.191 e. The average Bonchev–Trinajstić information content (AvgIpc) is 2.76. The second kappa shape index (κ2) is 9.61. The molecular formula is C17H25FIN5. The van der Waals surface area contributed by atoms with Crippen LogP contribution in [0.2, 0.25) is 0 Å². The summed E-state index contributed by atoms with van der Waals surface area (Å²) in [5, 5.41) is 10.9. The Balaban J connectivity index is 0.00000288. The summed E-state index contributed by atoms with van der Waals surface area (Å²) >= 11 is 0. The summed E-state index contributed by atoms with van der Waals surface area (Å²) in [6.45, 7) is 5.39. The third-order valence-electron chi connectivity index (χ3n) is 3.90. The van der Waals surface area contributed by atoms with Gasteiger partial charge < -0.3 is 10.6 Å². The quantitative estimate of drug-likeness (QED) is 0.423. The molecule has 0 atom stereocenters. The van der Waals surface area contributed by atoms with Crippen molar-refractivity contribution < 1.29 is 4.39 Å². The summed E-state index contributed by atoms with van der Waals surface area (Å²) in [7, 11) is 3.68. The van der Waals surface area contributed by atoms with Crippen LogP contribution in [0.4, 0.5) is 4.39 Å². The molecule has 2 aromatic rings. The highest BCUT2D eigenvalue weighted by Gasteiger charge is 2.09. The number of nitrogens with zero attached hydrogens (tertiary/aromatic N) is 3. The number of aromatic nitrogens is 2. The lowest BCUT2D eigenvalue weighted by atomic mass is 10.1. The van der Waals surface area contributed by atoms with E-state index in [1.54, 1.807) is 13.1 Å². The molecule has 0 saturated heterocycles. The highest BCUT2D eigenvalue weighted by atomic mass is 127. The van der Waals surface area contributed by atoms with Crippen molar-refractivity contribution in [2.75, 3.05) is 13.6 Å². The van der Waals surface area contributed by atoms with Gasteiger partial charge in [-0.3, -0.25) is 9.67 Å². The minimum atomic E-state index is -0.227. The molecule has 2 N–H and O–H groups in total. The number of hydrogen-bond donors (Lipinski definition) is 2. The largest absolute Gasteiger partial charge is 0.356 e. The molecule has 1 heterocycles. The average molecular weight is 445 g/mol. The Morgan fingerprint density at radius 3 is 2.62 bits per heavy atom. The van der Waals surface area contributed by atoms with E-state index in [-0.39, 0.29) is 29.8 Å². The highest BCUT2D eigenvalue weighted by Crippen LogP contribution is 2.11. The first-order chi connectivity index (χ1) is 11.0. The van der Waals surface area contributed by atoms with Gasteiger partial charge in [0.2, 0.25) is 0 Å². The van der Waals surface area contributed by atoms with Crippen molar-refractivity contribution in [1.29, 1.82) is 0 Å². The summed E-state index contributed by atoms with van der Waals surface area (Å²) in [4.78, 5) is 4.19. The van der Waals surface area contributed by atoms with Crippen molar-refractivity contribution in [1.82, 2.24) is 20.4 Å². The molecular weight excluding hydrogens is 420 g/mol. The van der Waals surface area contributed by atoms with E-state index in [2.05, 4.69) is 27.6 Å². The van der Waals surface area contributed by atoms with Gasteiger partial charge in [0.1, 0.15) is 5.82 Å². The maximum atomic E-state index is 13.2. The van der Waals surface area contributed by atoms with E-state index in [1.807, 2.05) is 24.7 Å². The van der Waals surface area contributed by atoms with Crippen LogP contribution in [-0.2, 0) is 20.0 Å². The Morgan fingerprint density at radius 2 is 2.04 bits per heavy atom. The molecule has 0 bridgehead atoms. The Kier molecular flexibility index (Phi) is 8.17. The molecule has 0 amide bonds. The van der Waals surface area contributed by atoms with Crippen LogP contribution in [0.3, 0.4) is 0 Å². The molecule has 5 nitrogen and oxygen atoms in total. The molecule has 0 aliphatic rings. The number of aryl methyl sites for hydroxylation is 2. The van der Waals surface area contributed by atoms with Crippen LogP contribution in [0.1, 0.15) is 22.5 Å². The van der Waals surface area contributed by atoms with Crippen LogP contribution in [0, 0.1) is 19.7 Å². The van der Waals surface area contributed by atoms with Gasteiger partial charge in [0.25, 0.3) is 0 Å². The smallest absolute Gasteiger partial charge is 0.191 e. The molecule has 24 heavy (non-hydrogen) atoms. The van der Waals surface area contributed by atoms with Crippen molar-refractivity contribution in [3.8, 4) is 0 Å². The number of guanidine groups is 1. The number of nitrogens with one attached hydrogen (secondary N) is 2. The van der Waals surface area contributed by atoms with Gasteiger partial charge in [0.15, 0.2) is 5.96 Å². The summed E-state index contributed by atoms with van der Waals surface area (Å²) in [6.07, 6.45) is 0.881. The summed E-state index contributed by atoms with van der Waals surface area (Å²) < 4.78 is 15.1. The van der Waals surface area contributed by atoms with Crippen LogP contribution < -0.4 is 10.6 Å². The third kappa shape index (κ3) is 5.47. The second-order valence-electron chi connectivity index (χ2n) is 5.51. The van der Waals surface area contributed by atoms with Crippen LogP contribution in [0.25, 0.3) is 0 Å². The first-order valence-electron chi connectivity index (χ1n) is 7.69. The first kappa shape index (κ1) is 20.4. The number of aliphatic imine (C=N–C) groups is 1. The van der Waals surface area contributed by atoms with Crippen LogP contribution in [0.15, 0.2) is 29.3 Å². The van der Waals surface area contributed by atoms with Gasteiger partial charge in [-0.2, -0.15) is 5.10 Å². The van der Waals surface area contributed by atoms with Gasteiger partial charge in [-0.05, 0) is 43.5 Å². The standard InChI is InChI=1S/C17H24FN5.HI/c1-12-16(13(2)23(4)22-12)8-9-20-17(19-3)21-11-14-6-5-7-15(18)10-14;/h5-7,10H,8-9,11H2,1-4H3,(H2,19,20,21);1H. The van der Waals surface area contributed by atoms with Gasteiger partial charge in [0.05, 0.1) is 5.69 Å². The normalized spacial score (nSPS) is 11.1. The van der Waals surface area contributed by atoms with E-state index in [4.69, 9.17) is 0 Å². The van der Waals surface area contributed by atoms with Crippen LogP contribution >= 0.6 is 24.0 Å². The maximum absolute atomic E-state index is 13.2. The lowest BCUT2D eigenvalue weighted by molar-refractivity contribution is 0.624. The second-order valence-corrected chi connectivity index (χ2v) is 5.51. The SMILES string of the molecule is CN=C(NCCc1c(C)nn(C)c1C)NCc1cccc(F)c1.I. The molecule has 0 unspecified atom stereocenters. The zero-order chi connectivity index (χ0) is 16.8. The predicted molar refractivity (Wildman–Crippen MR) is 106 cm³/mol. The van der Waals surface area contributed by atoms with Gasteiger partial charge in [-0.1, -0.05) is 12.1 Å². The van der Waals surface area contributed by atoms with E-state index in [0.717, 1.165) is 24.2 Å². The van der Waals surface area contributed by atoms with E-state index in [1.165, 1.54) is 23.4 Å². The molecule has 0 saturated carbocycles. The molecule has 0 spiro atoms. The van der Waals surface area contributed by atoms with E-state index in [0.29, 0.717) is 12.5 Å². The van der Waals surface area contributed by atoms with Crippen molar-refractivity contribution in [2.45, 2.75) is 26.8 Å². The van der Waals surface area contributed by atoms with Crippen molar-refractivity contribution in [3.63, 3.8) is 0 Å². The molecule has 1 aromatic heterocycles. The number of benzene rings is 1. The Hall–Kier alpha value is -1.64. The zero-order valence-corrected chi connectivity index (χ0v) is 16.9. The van der Waals surface area contributed by atoms with Crippen LogP contribution in [-0.4, -0.2) is 29.3 Å². The Morgan fingerprint density at radius 1 is 1.29 bits per heavy atom. The van der Waals surface area contributed by atoms with Gasteiger partial charge in [-0.25, -0.2) is 4.39 Å². The molecule has 0 radical (unpaired) electrons. The fraction of sp³-hybridized carbons (Fsp3) is 0.412. The van der Waals surface area contributed by atoms with Crippen molar-refractivity contribution in [2.24, 2.45) is 12.0 Å². The first-order valence-corrected chi connectivity index (χ1v) is 7.69. The lowest BCUT2D eigenvalue weighted by Gasteiger charge is -2.12. The van der Waals surface area contributed by atoms with E-state index in [9.17, 15) is 4.39 Å². The molecule has 2 rings (SSSR count). The molecule has 0 fully saturated rings. The number of halogens is 2. The molecule has 1 aromatic carbocycles. The molecule has 0 aliphatic heterocycles. The molecule has 132 valence electrons. The van der Waals surface area contributed by atoms with E-state index < -0.39 is 0 Å². The summed E-state index contributed by atoms with van der Waals surface area (Å²) in [6, 6.07) is 6.54. The zero-order valence-electron chi connectivity index (χ0n) is 14.6. The highest BCUT2D eigenvalue weighted by molar-refractivity contribution is 14.0. The minimum absolute atomic E-state index is 0. The summed E-state index contributed by atoms with van der Waals surface area (Å²) in [5.74, 6) is 0.475. The lowest BCUT2D eigenvalue weighted by Crippen LogP contribution is -2.37. The Bertz CT molecular complexity index is 696. The topological polar surface area (TPSA) is 54.2 Å². The fourth-order valence-corrected chi connectivity index (χ4v) is 2.54. The predicted octanol–water partition coefficient (Wildman–Crippen LogP) is 2.70. The van der Waals surface area contributed by atoms with Gasteiger partial charge in [0, 0.05) is 32.9 Å². The monoisotopic (exact) mass is 445 g/mol. The fourth-order valence-electron chi connectivity index (χ4n) is 2.54. The molecule has 0 aliphatic carbocycles. The van der Waals surface area contributed by atoms with Crippen LogP contribution in [0.5, 0.6) is 0 Å². The molecule has 7 heteroatoms. The minimum Gasteiger partial charge on any atom is -0.356 e. The van der Waals surface area contributed by atoms with Crippen molar-refractivity contribution >= 4 is 29.9 Å². The number of hydrogen-bond acceptors (Lipinski definition) is 2. The van der Waals surface area contributed by atoms with Gasteiger partial charge >= 0.3 is 0 Å². The third-order valence-corrected chi connectivity index (χ3v) is 3.90.